The number of primary amides is 2. The Morgan fingerprint density at radius 1 is 0.381 bits per heavy atom. The maximum atomic E-state index is 15.0. The van der Waals surface area contributed by atoms with Crippen molar-refractivity contribution >= 4 is 118 Å². The van der Waals surface area contributed by atoms with Crippen molar-refractivity contribution in [2.24, 2.45) is 46.4 Å². The van der Waals surface area contributed by atoms with Gasteiger partial charge in [-0.3, -0.25) is 92.3 Å². The first kappa shape index (κ1) is 107. The van der Waals surface area contributed by atoms with Crippen LogP contribution in [-0.2, 0) is 106 Å². The molecule has 0 saturated heterocycles. The third-order valence-electron chi connectivity index (χ3n) is 19.2. The van der Waals surface area contributed by atoms with Crippen molar-refractivity contribution in [2.75, 3.05) is 19.6 Å². The zero-order valence-electron chi connectivity index (χ0n) is 72.0. The molecule has 2 aromatic carbocycles. The van der Waals surface area contributed by atoms with Crippen molar-refractivity contribution in [1.29, 1.82) is 10.8 Å². The lowest BCUT2D eigenvalue weighted by Crippen LogP contribution is -2.61. The molecule has 31 N–H and O–H groups in total. The lowest BCUT2D eigenvalue weighted by molar-refractivity contribution is -0.147. The summed E-state index contributed by atoms with van der Waals surface area (Å²) in [6.45, 7) is 11.3. The summed E-state index contributed by atoms with van der Waals surface area (Å²) in [5.74, 6) is -21.1. The van der Waals surface area contributed by atoms with Crippen molar-refractivity contribution in [3.05, 3.63) is 90.0 Å². The monoisotopic (exact) mass is 1770 g/mol. The topological polar surface area (TPSA) is 755 Å². The van der Waals surface area contributed by atoms with E-state index in [0.717, 1.165) is 0 Å². The number of aromatic amines is 1. The minimum atomic E-state index is -1.89. The number of nitrogens with one attached hydrogen (secondary N) is 18. The number of nitrogens with zero attached hydrogens (tertiary/aromatic N) is 1. The van der Waals surface area contributed by atoms with Crippen LogP contribution < -0.4 is 108 Å². The second-order valence-electron chi connectivity index (χ2n) is 31.6. The lowest BCUT2D eigenvalue weighted by Gasteiger charge is -2.28. The molecule has 45 heteroatoms. The molecular weight excluding hydrogens is 1650 g/mol. The van der Waals surface area contributed by atoms with E-state index in [0.29, 0.717) is 30.4 Å². The van der Waals surface area contributed by atoms with E-state index < -0.39 is 248 Å². The Bertz CT molecular complexity index is 4160. The highest BCUT2D eigenvalue weighted by Crippen LogP contribution is 2.17. The van der Waals surface area contributed by atoms with Gasteiger partial charge in [0.25, 0.3) is 0 Å². The summed E-state index contributed by atoms with van der Waals surface area (Å²) in [7, 11) is 0. The molecule has 15 amide bonds. The summed E-state index contributed by atoms with van der Waals surface area (Å²) in [4.78, 5) is 253. The number of carboxylic acids is 3. The van der Waals surface area contributed by atoms with Crippen molar-refractivity contribution in [3.8, 4) is 0 Å². The Morgan fingerprint density at radius 3 is 1.08 bits per heavy atom. The molecule has 3 aromatic rings. The minimum absolute atomic E-state index is 0.0100. The van der Waals surface area contributed by atoms with E-state index >= 15 is 0 Å². The van der Waals surface area contributed by atoms with Crippen LogP contribution in [0.15, 0.2) is 73.2 Å². The fourth-order valence-corrected chi connectivity index (χ4v) is 12.8. The molecule has 0 bridgehead atoms. The number of carboxylic acid groups (broad SMARTS) is 3. The highest BCUT2D eigenvalue weighted by molar-refractivity contribution is 6.00. The summed E-state index contributed by atoms with van der Waals surface area (Å²) in [6, 6.07) is -3.50. The molecule has 1 aromatic heterocycles. The summed E-state index contributed by atoms with van der Waals surface area (Å²) in [6.07, 6.45) is -1.67. The highest BCUT2D eigenvalue weighted by atomic mass is 16.4. The molecule has 0 aliphatic carbocycles. The normalized spacial score (nSPS) is 14.2. The average Bonchev–Trinajstić information content (AvgIpc) is 0.886. The third kappa shape index (κ3) is 43.1. The van der Waals surface area contributed by atoms with E-state index in [9.17, 15) is 102 Å². The number of nitrogens with two attached hydrogens (primary N) is 5. The summed E-state index contributed by atoms with van der Waals surface area (Å²) >= 11 is 0. The van der Waals surface area contributed by atoms with Crippen LogP contribution in [-0.4, -0.2) is 242 Å². The summed E-state index contributed by atoms with van der Waals surface area (Å²) in [5.41, 5.74) is 29.2. The number of H-pyrrole nitrogens is 1. The highest BCUT2D eigenvalue weighted by Gasteiger charge is 2.39. The zero-order chi connectivity index (χ0) is 94.3. The predicted octanol–water partition coefficient (Wildman–Crippen LogP) is -4.49. The first-order valence-electron chi connectivity index (χ1n) is 41.6. The summed E-state index contributed by atoms with van der Waals surface area (Å²) in [5, 5.41) is 81.9. The van der Waals surface area contributed by atoms with Gasteiger partial charge in [-0.2, -0.15) is 0 Å². The van der Waals surface area contributed by atoms with Gasteiger partial charge in [0.2, 0.25) is 88.6 Å². The van der Waals surface area contributed by atoms with Gasteiger partial charge in [-0.25, -0.2) is 9.78 Å². The quantitative estimate of drug-likeness (QED) is 0.0144. The SMILES string of the molecule is CCCC[C@H](NC(=O)[C@H](Cc1ccccc1)NC(=O)[C@H](Cc1c[nH]cn1)NC(=O)[C@H](CC(C)C)NC(=O)[C@H](CCCNC(=N)N)NC(=O)CNC(=O)[C@H](CCC(=O)O)NC(=O)[C@H](CCC(N)=O)NC(=O)[C@H](CC(C)C)NC(=O)[C@H](CCC(N)=O)NC(=O)[C@H](CC(C)C)NC(=O)[C@@H](N)CCCNC(=N)N)C(=O)N[C@@H](Cc1ccccc1)C(=O)N[C@@H](CC(=O)O)C(=O)O. The Balaban J connectivity index is 1.97. The van der Waals surface area contributed by atoms with Gasteiger partial charge in [-0.05, 0) is 99.5 Å². The van der Waals surface area contributed by atoms with Crippen LogP contribution in [0.4, 0.5) is 0 Å². The van der Waals surface area contributed by atoms with E-state index in [-0.39, 0.29) is 101 Å². The number of guanidine groups is 2. The summed E-state index contributed by atoms with van der Waals surface area (Å²) < 4.78 is 0. The molecule has 0 aliphatic heterocycles. The molecule has 696 valence electrons. The van der Waals surface area contributed by atoms with Gasteiger partial charge in [-0.1, -0.05) is 122 Å². The van der Waals surface area contributed by atoms with Crippen LogP contribution in [0.2, 0.25) is 0 Å². The number of aromatic nitrogens is 2. The van der Waals surface area contributed by atoms with Crippen LogP contribution in [0.3, 0.4) is 0 Å². The number of carbonyl (C=O) groups excluding carboxylic acids is 15. The molecule has 3 rings (SSSR count). The van der Waals surface area contributed by atoms with E-state index in [4.69, 9.17) is 39.5 Å². The number of hydrogen-bond acceptors (Lipinski definition) is 22. The van der Waals surface area contributed by atoms with Gasteiger partial charge in [0, 0.05) is 57.8 Å². The van der Waals surface area contributed by atoms with Gasteiger partial charge in [0.15, 0.2) is 11.9 Å². The number of aliphatic carboxylic acids is 3. The number of rotatable bonds is 61. The fourth-order valence-electron chi connectivity index (χ4n) is 12.8. The molecule has 0 saturated carbocycles. The van der Waals surface area contributed by atoms with Crippen LogP contribution in [0, 0.1) is 28.6 Å². The minimum Gasteiger partial charge on any atom is -0.481 e. The first-order chi connectivity index (χ1) is 59.4. The number of unbranched alkanes of at least 4 members (excludes halogenated alkanes) is 1. The van der Waals surface area contributed by atoms with Gasteiger partial charge in [0.1, 0.15) is 72.5 Å². The van der Waals surface area contributed by atoms with Crippen molar-refractivity contribution in [1.82, 2.24) is 89.7 Å². The standard InChI is InChI=1S/C81H126N24O21/c1-8-9-23-51(70(116)102-59(37-47-20-14-11-15-21-47)77(123)105-61(79(125)126)39-66(111)112)95-76(122)58(36-46-18-12-10-13-19-46)103-78(124)60(38-48-40-89-42-93-48)104-75(121)57(35-45(6)7)100-69(115)50(24-17-32-91-81(87)88)94-64(108)41-92-68(114)52(27-30-65(109)110)96-71(117)53(25-28-62(83)106)97-74(120)56(34-44(4)5)101-72(118)54(26-29-63(84)107)98-73(119)55(33-43(2)3)99-67(113)49(82)22-16-31-90-80(85)86/h10-15,18-21,40,42-45,49-61H,8-9,16-17,22-39,41,82H2,1-7H3,(H2,83,106)(H2,84,107)(H,89,93)(H,92,114)(H,94,108)(H,95,122)(H,96,117)(H,97,120)(H,98,119)(H,99,113)(H,100,115)(H,101,118)(H,102,116)(H,103,124)(H,104,121)(H,105,123)(H,109,110)(H,111,112)(H,125,126)(H4,85,86,90)(H4,87,88,91)/t49-,50-,51-,52-,53-,54-,55-,56-,57-,58-,59-,60-,61-/m0/s1. The van der Waals surface area contributed by atoms with Crippen LogP contribution in [0.1, 0.15) is 174 Å². The number of amides is 15. The number of imidazole rings is 1. The maximum absolute atomic E-state index is 15.0. The van der Waals surface area contributed by atoms with E-state index in [2.05, 4.69) is 89.7 Å². The molecule has 1 heterocycles. The van der Waals surface area contributed by atoms with Crippen LogP contribution >= 0.6 is 0 Å². The Kier molecular flexibility index (Phi) is 47.8. The van der Waals surface area contributed by atoms with Crippen LogP contribution in [0.5, 0.6) is 0 Å². The second-order valence-corrected chi connectivity index (χ2v) is 31.6. The average molecular weight is 1770 g/mol. The van der Waals surface area contributed by atoms with Gasteiger partial charge in [0.05, 0.1) is 31.0 Å². The number of benzene rings is 2. The smallest absolute Gasteiger partial charge is 0.326 e. The van der Waals surface area contributed by atoms with E-state index in [1.807, 2.05) is 6.92 Å². The number of carbonyl (C=O) groups is 18. The van der Waals surface area contributed by atoms with Gasteiger partial charge in [-0.15, -0.1) is 0 Å². The van der Waals surface area contributed by atoms with Gasteiger partial charge < -0.3 is 129 Å². The van der Waals surface area contributed by atoms with E-state index in [1.165, 1.54) is 12.5 Å². The second kappa shape index (κ2) is 56.4. The molecule has 0 aliphatic rings. The Labute approximate surface area is 729 Å². The first-order valence-corrected chi connectivity index (χ1v) is 41.6. The van der Waals surface area contributed by atoms with E-state index in [1.54, 1.807) is 102 Å². The molecule has 0 unspecified atom stereocenters. The molecule has 126 heavy (non-hydrogen) atoms. The molecule has 13 atom stereocenters. The third-order valence-corrected chi connectivity index (χ3v) is 19.2. The van der Waals surface area contributed by atoms with Crippen LogP contribution in [0.25, 0.3) is 0 Å². The fraction of sp³-hybridized carbons (Fsp3) is 0.568. The van der Waals surface area contributed by atoms with Crippen molar-refractivity contribution in [2.45, 2.75) is 255 Å². The maximum Gasteiger partial charge on any atom is 0.326 e. The van der Waals surface area contributed by atoms with Gasteiger partial charge >= 0.3 is 17.9 Å². The lowest BCUT2D eigenvalue weighted by atomic mass is 10.00. The molecule has 0 spiro atoms. The molecule has 45 nitrogen and oxygen atoms in total. The molecular formula is C81H126N24O21. The number of hydrogen-bond donors (Lipinski definition) is 26. The molecule has 0 fully saturated rings. The zero-order valence-corrected chi connectivity index (χ0v) is 72.0. The predicted molar refractivity (Wildman–Crippen MR) is 457 cm³/mol. The molecule has 0 radical (unpaired) electrons. The largest absolute Gasteiger partial charge is 0.481 e. The Hall–Kier alpha value is -13.4. The van der Waals surface area contributed by atoms with Crippen molar-refractivity contribution < 1.29 is 102 Å². The Morgan fingerprint density at radius 2 is 0.714 bits per heavy atom. The van der Waals surface area contributed by atoms with Crippen molar-refractivity contribution in [3.63, 3.8) is 0 Å².